The fourth-order valence-electron chi connectivity index (χ4n) is 4.16. The highest BCUT2D eigenvalue weighted by Gasteiger charge is 2.56. The van der Waals surface area contributed by atoms with E-state index in [0.29, 0.717) is 0 Å². The van der Waals surface area contributed by atoms with Gasteiger partial charge in [-0.3, -0.25) is 0 Å². The van der Waals surface area contributed by atoms with E-state index >= 15 is 0 Å². The number of nitrogens with one attached hydrogen (secondary N) is 1. The lowest BCUT2D eigenvalue weighted by atomic mass is 9.96. The number of fused-ring (bicyclic) bond motifs is 1. The Morgan fingerprint density at radius 3 is 2.75 bits per heavy atom. The van der Waals surface area contributed by atoms with Gasteiger partial charge in [0.25, 0.3) is 0 Å². The molecule has 16 heavy (non-hydrogen) atoms. The highest BCUT2D eigenvalue weighted by molar-refractivity contribution is 5.22. The second-order valence-corrected chi connectivity index (χ2v) is 5.94. The van der Waals surface area contributed by atoms with E-state index in [2.05, 4.69) is 18.3 Å². The van der Waals surface area contributed by atoms with E-state index in [1.807, 2.05) is 0 Å². The van der Waals surface area contributed by atoms with Gasteiger partial charge in [0.15, 0.2) is 0 Å². The molecule has 0 aromatic rings. The summed E-state index contributed by atoms with van der Waals surface area (Å²) < 4.78 is 0. The van der Waals surface area contributed by atoms with Crippen molar-refractivity contribution in [3.05, 3.63) is 11.6 Å². The minimum atomic E-state index is 0.762. The highest BCUT2D eigenvalue weighted by atomic mass is 14.9. The Balaban J connectivity index is 1.65. The summed E-state index contributed by atoms with van der Waals surface area (Å²) in [6, 6.07) is 0.762. The predicted octanol–water partition coefficient (Wildman–Crippen LogP) is 3.51. The molecule has 0 radical (unpaired) electrons. The molecule has 2 saturated carbocycles. The largest absolute Gasteiger partial charge is 0.310 e. The van der Waals surface area contributed by atoms with Gasteiger partial charge in [0.05, 0.1) is 0 Å². The zero-order chi connectivity index (χ0) is 11.0. The van der Waals surface area contributed by atoms with Gasteiger partial charge in [-0.05, 0) is 62.8 Å². The molecule has 0 saturated heterocycles. The Morgan fingerprint density at radius 1 is 1.31 bits per heavy atom. The van der Waals surface area contributed by atoms with E-state index in [0.717, 1.165) is 23.8 Å². The fourth-order valence-corrected chi connectivity index (χ4v) is 4.16. The normalized spacial score (nSPS) is 38.3. The van der Waals surface area contributed by atoms with Gasteiger partial charge in [0.1, 0.15) is 0 Å². The molecule has 1 N–H and O–H groups in total. The van der Waals surface area contributed by atoms with Crippen LogP contribution in [0.25, 0.3) is 0 Å². The topological polar surface area (TPSA) is 12.0 Å². The molecule has 1 nitrogen and oxygen atoms in total. The van der Waals surface area contributed by atoms with E-state index in [4.69, 9.17) is 0 Å². The van der Waals surface area contributed by atoms with Gasteiger partial charge in [-0.1, -0.05) is 25.0 Å². The minimum Gasteiger partial charge on any atom is -0.310 e. The third kappa shape index (κ3) is 1.84. The molecular formula is C15H25N. The maximum Gasteiger partial charge on any atom is 0.0313 e. The van der Waals surface area contributed by atoms with E-state index in [9.17, 15) is 0 Å². The minimum absolute atomic E-state index is 0.762. The molecule has 0 amide bonds. The first-order valence-corrected chi connectivity index (χ1v) is 7.34. The summed E-state index contributed by atoms with van der Waals surface area (Å²) in [4.78, 5) is 0. The summed E-state index contributed by atoms with van der Waals surface area (Å²) >= 11 is 0. The number of hydrogen-bond donors (Lipinski definition) is 1. The smallest absolute Gasteiger partial charge is 0.0313 e. The summed E-state index contributed by atoms with van der Waals surface area (Å²) in [7, 11) is 0. The fraction of sp³-hybridized carbons (Fsp3) is 0.867. The van der Waals surface area contributed by atoms with E-state index in [1.54, 1.807) is 5.57 Å². The van der Waals surface area contributed by atoms with Crippen LogP contribution in [0, 0.1) is 17.8 Å². The maximum atomic E-state index is 3.83. The van der Waals surface area contributed by atoms with Gasteiger partial charge in [0.2, 0.25) is 0 Å². The van der Waals surface area contributed by atoms with E-state index in [1.165, 1.54) is 51.5 Å². The molecule has 3 aliphatic carbocycles. The first-order valence-electron chi connectivity index (χ1n) is 7.34. The SMILES string of the molecule is CCCNC(C1=CCCC1)C1C2CCCC21. The van der Waals surface area contributed by atoms with Gasteiger partial charge in [-0.2, -0.15) is 0 Å². The molecule has 0 aliphatic heterocycles. The molecule has 0 heterocycles. The van der Waals surface area contributed by atoms with Gasteiger partial charge < -0.3 is 5.32 Å². The van der Waals surface area contributed by atoms with Crippen LogP contribution in [-0.4, -0.2) is 12.6 Å². The summed E-state index contributed by atoms with van der Waals surface area (Å²) in [6.45, 7) is 3.48. The van der Waals surface area contributed by atoms with Crippen LogP contribution < -0.4 is 5.32 Å². The molecule has 3 atom stereocenters. The van der Waals surface area contributed by atoms with Crippen LogP contribution in [0.15, 0.2) is 11.6 Å². The molecule has 3 unspecified atom stereocenters. The third-order valence-electron chi connectivity index (χ3n) is 4.95. The summed E-state index contributed by atoms with van der Waals surface area (Å²) in [6.07, 6.45) is 12.5. The van der Waals surface area contributed by atoms with Gasteiger partial charge >= 0.3 is 0 Å². The molecular weight excluding hydrogens is 194 g/mol. The Bertz CT molecular complexity index is 271. The van der Waals surface area contributed by atoms with Crippen molar-refractivity contribution in [1.82, 2.24) is 5.32 Å². The lowest BCUT2D eigenvalue weighted by molar-refractivity contribution is 0.441. The Morgan fingerprint density at radius 2 is 2.12 bits per heavy atom. The van der Waals surface area contributed by atoms with Crippen LogP contribution in [0.5, 0.6) is 0 Å². The van der Waals surface area contributed by atoms with Gasteiger partial charge in [-0.25, -0.2) is 0 Å². The Labute approximate surface area is 99.7 Å². The number of allylic oxidation sites excluding steroid dienone is 1. The average molecular weight is 219 g/mol. The predicted molar refractivity (Wildman–Crippen MR) is 68.3 cm³/mol. The van der Waals surface area contributed by atoms with Crippen molar-refractivity contribution in [2.24, 2.45) is 17.8 Å². The number of hydrogen-bond acceptors (Lipinski definition) is 1. The monoisotopic (exact) mass is 219 g/mol. The molecule has 0 aromatic heterocycles. The van der Waals surface area contributed by atoms with Crippen LogP contribution in [0.4, 0.5) is 0 Å². The number of rotatable bonds is 5. The molecule has 3 aliphatic rings. The maximum absolute atomic E-state index is 3.83. The van der Waals surface area contributed by atoms with Crippen molar-refractivity contribution in [3.8, 4) is 0 Å². The average Bonchev–Trinajstić information content (AvgIpc) is 2.79. The molecule has 1 heteroatoms. The molecule has 0 spiro atoms. The lowest BCUT2D eigenvalue weighted by Gasteiger charge is -2.22. The highest BCUT2D eigenvalue weighted by Crippen LogP contribution is 2.60. The van der Waals surface area contributed by atoms with Crippen molar-refractivity contribution in [2.45, 2.75) is 57.9 Å². The van der Waals surface area contributed by atoms with Crippen LogP contribution in [0.1, 0.15) is 51.9 Å². The second-order valence-electron chi connectivity index (χ2n) is 5.94. The second kappa shape index (κ2) is 4.52. The zero-order valence-electron chi connectivity index (χ0n) is 10.5. The zero-order valence-corrected chi connectivity index (χ0v) is 10.5. The molecule has 2 fully saturated rings. The lowest BCUT2D eigenvalue weighted by Crippen LogP contribution is -2.34. The summed E-state index contributed by atoms with van der Waals surface area (Å²) in [5.74, 6) is 3.20. The van der Waals surface area contributed by atoms with Gasteiger partial charge in [-0.15, -0.1) is 0 Å². The van der Waals surface area contributed by atoms with Crippen molar-refractivity contribution in [3.63, 3.8) is 0 Å². The Hall–Kier alpha value is -0.300. The quantitative estimate of drug-likeness (QED) is 0.698. The molecule has 0 bridgehead atoms. The van der Waals surface area contributed by atoms with E-state index in [-0.39, 0.29) is 0 Å². The van der Waals surface area contributed by atoms with Crippen molar-refractivity contribution in [2.75, 3.05) is 6.54 Å². The van der Waals surface area contributed by atoms with Crippen LogP contribution >= 0.6 is 0 Å². The van der Waals surface area contributed by atoms with Crippen LogP contribution in [0.2, 0.25) is 0 Å². The van der Waals surface area contributed by atoms with Crippen LogP contribution in [-0.2, 0) is 0 Å². The van der Waals surface area contributed by atoms with E-state index < -0.39 is 0 Å². The van der Waals surface area contributed by atoms with Crippen molar-refractivity contribution in [1.29, 1.82) is 0 Å². The first-order chi connectivity index (χ1) is 7.92. The van der Waals surface area contributed by atoms with Crippen molar-refractivity contribution >= 4 is 0 Å². The molecule has 3 rings (SSSR count). The standard InChI is InChI=1S/C15H25N/c1-2-10-16-15(11-6-3-4-7-11)14-12-8-5-9-13(12)14/h6,12-16H,2-5,7-10H2,1H3. The molecule has 90 valence electrons. The Kier molecular flexibility index (Phi) is 3.06. The third-order valence-corrected chi connectivity index (χ3v) is 4.95. The van der Waals surface area contributed by atoms with Crippen molar-refractivity contribution < 1.29 is 0 Å². The summed E-state index contributed by atoms with van der Waals surface area (Å²) in [5, 5.41) is 3.83. The van der Waals surface area contributed by atoms with Crippen LogP contribution in [0.3, 0.4) is 0 Å². The molecule has 0 aromatic carbocycles. The first kappa shape index (κ1) is 10.8. The van der Waals surface area contributed by atoms with Gasteiger partial charge in [0, 0.05) is 6.04 Å². The summed E-state index contributed by atoms with van der Waals surface area (Å²) in [5.41, 5.74) is 1.76.